The SMILES string of the molecule is CC(=O)[C@@]1(OS(=O)(=O)[O-])CCC2C3CC=C4CC(O)CCC4(C)C3CCC21C.[K+]. The van der Waals surface area contributed by atoms with E-state index in [1.807, 2.05) is 6.92 Å². The Labute approximate surface area is 216 Å². The summed E-state index contributed by atoms with van der Waals surface area (Å²) in [7, 11) is -4.98. The first-order valence-electron chi connectivity index (χ1n) is 10.5. The van der Waals surface area contributed by atoms with Crippen LogP contribution in [0.15, 0.2) is 11.6 Å². The predicted octanol–water partition coefficient (Wildman–Crippen LogP) is 0.119. The third kappa shape index (κ3) is 3.72. The van der Waals surface area contributed by atoms with Crippen molar-refractivity contribution in [1.82, 2.24) is 0 Å². The molecular weight excluding hydrogens is 419 g/mol. The first-order chi connectivity index (χ1) is 12.9. The second kappa shape index (κ2) is 8.03. The number of fused-ring (bicyclic) bond motifs is 5. The predicted molar refractivity (Wildman–Crippen MR) is 102 cm³/mol. The fourth-order valence-electron chi connectivity index (χ4n) is 7.59. The molecular formula is C21H31KO6S. The van der Waals surface area contributed by atoms with Gasteiger partial charge in [-0.15, -0.1) is 0 Å². The van der Waals surface area contributed by atoms with Gasteiger partial charge in [0.05, 0.1) is 6.10 Å². The summed E-state index contributed by atoms with van der Waals surface area (Å²) in [4.78, 5) is 12.6. The van der Waals surface area contributed by atoms with E-state index in [0.717, 1.165) is 32.1 Å². The zero-order valence-corrected chi connectivity index (χ0v) is 21.9. The van der Waals surface area contributed by atoms with E-state index in [0.29, 0.717) is 31.1 Å². The number of aliphatic hydroxyl groups is 1. The van der Waals surface area contributed by atoms with Crippen molar-refractivity contribution in [2.24, 2.45) is 28.6 Å². The zero-order valence-electron chi connectivity index (χ0n) is 17.9. The number of aliphatic hydroxyl groups excluding tert-OH is 1. The molecule has 8 heteroatoms. The van der Waals surface area contributed by atoms with Gasteiger partial charge in [-0.05, 0) is 81.5 Å². The molecule has 0 radical (unpaired) electrons. The van der Waals surface area contributed by atoms with Crippen LogP contribution >= 0.6 is 0 Å². The summed E-state index contributed by atoms with van der Waals surface area (Å²) >= 11 is 0. The fourth-order valence-corrected chi connectivity index (χ4v) is 8.33. The monoisotopic (exact) mass is 450 g/mol. The molecule has 0 saturated heterocycles. The Morgan fingerprint density at radius 2 is 1.83 bits per heavy atom. The molecule has 4 aliphatic rings. The summed E-state index contributed by atoms with van der Waals surface area (Å²) < 4.78 is 39.6. The van der Waals surface area contributed by atoms with Gasteiger partial charge in [0.1, 0.15) is 5.60 Å². The van der Waals surface area contributed by atoms with Gasteiger partial charge in [0, 0.05) is 5.41 Å². The van der Waals surface area contributed by atoms with Crippen LogP contribution in [0, 0.1) is 28.6 Å². The molecule has 6 unspecified atom stereocenters. The molecule has 4 aliphatic carbocycles. The van der Waals surface area contributed by atoms with E-state index in [1.165, 1.54) is 12.5 Å². The van der Waals surface area contributed by atoms with Gasteiger partial charge >= 0.3 is 51.4 Å². The Balaban J connectivity index is 0.00000240. The van der Waals surface area contributed by atoms with Gasteiger partial charge in [0.2, 0.25) is 10.4 Å². The van der Waals surface area contributed by atoms with Crippen molar-refractivity contribution < 1.29 is 78.4 Å². The Morgan fingerprint density at radius 1 is 1.17 bits per heavy atom. The quantitative estimate of drug-likeness (QED) is 0.283. The third-order valence-electron chi connectivity index (χ3n) is 9.01. The zero-order chi connectivity index (χ0) is 20.5. The molecule has 158 valence electrons. The first-order valence-corrected chi connectivity index (χ1v) is 11.8. The van der Waals surface area contributed by atoms with Crippen molar-refractivity contribution in [1.29, 1.82) is 0 Å². The van der Waals surface area contributed by atoms with E-state index >= 15 is 0 Å². The summed E-state index contributed by atoms with van der Waals surface area (Å²) in [5.74, 6) is 0.611. The molecule has 3 fully saturated rings. The number of carbonyl (C=O) groups is 1. The van der Waals surface area contributed by atoms with Gasteiger partial charge in [-0.1, -0.05) is 25.5 Å². The first kappa shape index (κ1) is 24.5. The van der Waals surface area contributed by atoms with Gasteiger partial charge in [-0.2, -0.15) is 0 Å². The number of allylic oxidation sites excluding steroid dienone is 1. The van der Waals surface area contributed by atoms with Gasteiger partial charge in [0.15, 0.2) is 5.78 Å². The van der Waals surface area contributed by atoms with Crippen LogP contribution in [0.1, 0.15) is 72.1 Å². The Hall–Kier alpha value is 0.876. The van der Waals surface area contributed by atoms with Crippen molar-refractivity contribution >= 4 is 16.2 Å². The summed E-state index contributed by atoms with van der Waals surface area (Å²) in [6, 6.07) is 0. The summed E-state index contributed by atoms with van der Waals surface area (Å²) in [5.41, 5.74) is -0.744. The van der Waals surface area contributed by atoms with E-state index < -0.39 is 21.4 Å². The van der Waals surface area contributed by atoms with Crippen molar-refractivity contribution in [3.05, 3.63) is 11.6 Å². The molecule has 6 nitrogen and oxygen atoms in total. The molecule has 0 aliphatic heterocycles. The number of ketones is 1. The molecule has 3 saturated carbocycles. The van der Waals surface area contributed by atoms with Crippen LogP contribution in [-0.4, -0.2) is 35.6 Å². The molecule has 7 atom stereocenters. The molecule has 0 heterocycles. The van der Waals surface area contributed by atoms with Gasteiger partial charge in [-0.25, -0.2) is 8.42 Å². The Bertz CT molecular complexity index is 825. The largest absolute Gasteiger partial charge is 1.00 e. The van der Waals surface area contributed by atoms with Crippen LogP contribution < -0.4 is 51.4 Å². The number of hydrogen-bond acceptors (Lipinski definition) is 6. The minimum Gasteiger partial charge on any atom is -0.725 e. The topological polar surface area (TPSA) is 104 Å². The average molecular weight is 451 g/mol. The van der Waals surface area contributed by atoms with E-state index in [4.69, 9.17) is 4.18 Å². The molecule has 1 N–H and O–H groups in total. The molecule has 29 heavy (non-hydrogen) atoms. The van der Waals surface area contributed by atoms with Crippen LogP contribution in [0.5, 0.6) is 0 Å². The van der Waals surface area contributed by atoms with Crippen molar-refractivity contribution in [2.75, 3.05) is 0 Å². The van der Waals surface area contributed by atoms with Crippen LogP contribution in [0.4, 0.5) is 0 Å². The van der Waals surface area contributed by atoms with Crippen LogP contribution in [0.25, 0.3) is 0 Å². The number of Topliss-reactive ketones (excluding diaryl/α,β-unsaturated/α-hetero) is 1. The smallest absolute Gasteiger partial charge is 0.725 e. The van der Waals surface area contributed by atoms with E-state index in [9.17, 15) is 22.9 Å². The van der Waals surface area contributed by atoms with Crippen LogP contribution in [0.3, 0.4) is 0 Å². The van der Waals surface area contributed by atoms with Crippen molar-refractivity contribution in [3.63, 3.8) is 0 Å². The standard InChI is InChI=1S/C21H32O6S.K/c1-13(22)21(27-28(24,25)26)11-8-18-16-5-4-14-12-15(23)6-9-19(14,2)17(16)7-10-20(18,21)3;/h4,15-18,23H,5-12H2,1-3H3,(H,24,25,26);/q;+1/p-1/t15?,16?,17?,18?,19?,20?,21-;/m0./s1. The van der Waals surface area contributed by atoms with Crippen LogP contribution in [0.2, 0.25) is 0 Å². The van der Waals surface area contributed by atoms with Crippen molar-refractivity contribution in [3.8, 4) is 0 Å². The molecule has 0 aromatic rings. The van der Waals surface area contributed by atoms with Gasteiger partial charge in [0.25, 0.3) is 0 Å². The molecule has 0 bridgehead atoms. The summed E-state index contributed by atoms with van der Waals surface area (Å²) in [5, 5.41) is 10.1. The molecule has 0 aromatic heterocycles. The van der Waals surface area contributed by atoms with Crippen LogP contribution in [-0.2, 0) is 19.4 Å². The van der Waals surface area contributed by atoms with Gasteiger partial charge in [-0.3, -0.25) is 8.98 Å². The van der Waals surface area contributed by atoms with Gasteiger partial charge < -0.3 is 9.66 Å². The van der Waals surface area contributed by atoms with E-state index in [-0.39, 0.29) is 74.6 Å². The molecule has 0 spiro atoms. The number of hydrogen-bond donors (Lipinski definition) is 1. The number of rotatable bonds is 3. The Morgan fingerprint density at radius 3 is 2.45 bits per heavy atom. The second-order valence-corrected chi connectivity index (χ2v) is 11.0. The average Bonchev–Trinajstić information content (AvgIpc) is 2.88. The Kier molecular flexibility index (Phi) is 6.79. The third-order valence-corrected chi connectivity index (χ3v) is 9.50. The molecule has 0 aromatic carbocycles. The minimum atomic E-state index is -4.98. The normalized spacial score (nSPS) is 46.6. The second-order valence-electron chi connectivity index (χ2n) is 10.0. The van der Waals surface area contributed by atoms with Crippen molar-refractivity contribution in [2.45, 2.75) is 83.8 Å². The van der Waals surface area contributed by atoms with E-state index in [2.05, 4.69) is 13.0 Å². The summed E-state index contributed by atoms with van der Waals surface area (Å²) in [6.45, 7) is 5.63. The maximum atomic E-state index is 12.6. The minimum absolute atomic E-state index is 0. The fraction of sp³-hybridized carbons (Fsp3) is 0.857. The number of carbonyl (C=O) groups excluding carboxylic acids is 1. The summed E-state index contributed by atoms with van der Waals surface area (Å²) in [6.07, 6.45) is 8.01. The maximum Gasteiger partial charge on any atom is 1.00 e. The molecule has 4 rings (SSSR count). The molecule has 0 amide bonds. The van der Waals surface area contributed by atoms with E-state index in [1.54, 1.807) is 0 Å². The maximum absolute atomic E-state index is 12.6.